The summed E-state index contributed by atoms with van der Waals surface area (Å²) in [4.78, 5) is 22.9. The van der Waals surface area contributed by atoms with Crippen molar-refractivity contribution in [1.82, 2.24) is 0 Å². The molecule has 0 bridgehead atoms. The lowest BCUT2D eigenvalue weighted by Gasteiger charge is -2.20. The first kappa shape index (κ1) is 11.1. The normalized spacial score (nSPS) is 20.8. The van der Waals surface area contributed by atoms with Crippen LogP contribution in [0, 0.1) is 0 Å². The summed E-state index contributed by atoms with van der Waals surface area (Å²) in [6.07, 6.45) is 3.82. The van der Waals surface area contributed by atoms with Crippen LogP contribution in [0.3, 0.4) is 0 Å². The predicted octanol–water partition coefficient (Wildman–Crippen LogP) is 3.12. The molecule has 0 unspecified atom stereocenters. The van der Waals surface area contributed by atoms with E-state index in [0.717, 1.165) is 24.8 Å². The van der Waals surface area contributed by atoms with Gasteiger partial charge in [0, 0.05) is 17.9 Å². The number of rotatable bonds is 2. The van der Waals surface area contributed by atoms with E-state index in [9.17, 15) is 9.59 Å². The Hall–Kier alpha value is -1.44. The largest absolute Gasteiger partial charge is 0.299 e. The Labute approximate surface area is 95.7 Å². The second-order valence-electron chi connectivity index (χ2n) is 4.44. The summed E-state index contributed by atoms with van der Waals surface area (Å²) in [6.45, 7) is 1.56. The topological polar surface area (TPSA) is 34.1 Å². The molecule has 1 aliphatic carbocycles. The van der Waals surface area contributed by atoms with Crippen molar-refractivity contribution in [3.8, 4) is 0 Å². The molecule has 1 aliphatic rings. The quantitative estimate of drug-likeness (QED) is 0.712. The van der Waals surface area contributed by atoms with Gasteiger partial charge in [0.05, 0.1) is 0 Å². The second kappa shape index (κ2) is 4.60. The molecule has 1 aromatic rings. The first-order valence-corrected chi connectivity index (χ1v) is 5.82. The van der Waals surface area contributed by atoms with Crippen molar-refractivity contribution < 1.29 is 9.59 Å². The highest BCUT2D eigenvalue weighted by Crippen LogP contribution is 2.29. The Kier molecular flexibility index (Phi) is 3.18. The highest BCUT2D eigenvalue weighted by molar-refractivity contribution is 5.94. The summed E-state index contributed by atoms with van der Waals surface area (Å²) >= 11 is 0. The van der Waals surface area contributed by atoms with Gasteiger partial charge >= 0.3 is 0 Å². The van der Waals surface area contributed by atoms with Gasteiger partial charge in [0.1, 0.15) is 5.78 Å². The lowest BCUT2D eigenvalue weighted by molar-refractivity contribution is -0.121. The number of Topliss-reactive ketones (excluding diaryl/α,β-unsaturated/α-hetero) is 2. The van der Waals surface area contributed by atoms with E-state index in [1.165, 1.54) is 0 Å². The Morgan fingerprint density at radius 2 is 1.88 bits per heavy atom. The van der Waals surface area contributed by atoms with Crippen LogP contribution in [-0.2, 0) is 4.79 Å². The molecular formula is C14H16O2. The number of ketones is 2. The van der Waals surface area contributed by atoms with Crippen molar-refractivity contribution in [1.29, 1.82) is 0 Å². The van der Waals surface area contributed by atoms with Crippen molar-refractivity contribution in [2.24, 2.45) is 0 Å². The molecule has 0 heterocycles. The molecule has 0 aromatic heterocycles. The van der Waals surface area contributed by atoms with Crippen LogP contribution in [0.4, 0.5) is 0 Å². The number of carbonyl (C=O) groups excluding carboxylic acids is 2. The third kappa shape index (κ3) is 2.21. The first-order valence-electron chi connectivity index (χ1n) is 5.82. The summed E-state index contributed by atoms with van der Waals surface area (Å²) in [7, 11) is 0. The number of carbonyl (C=O) groups is 2. The zero-order valence-electron chi connectivity index (χ0n) is 9.53. The maximum absolute atomic E-state index is 11.7. The molecule has 2 rings (SSSR count). The van der Waals surface area contributed by atoms with Crippen LogP contribution in [0.5, 0.6) is 0 Å². The summed E-state index contributed by atoms with van der Waals surface area (Å²) in [5.41, 5.74) is 1.78. The van der Waals surface area contributed by atoms with Gasteiger partial charge in [-0.1, -0.05) is 30.7 Å². The van der Waals surface area contributed by atoms with Crippen LogP contribution in [-0.4, -0.2) is 11.6 Å². The van der Waals surface area contributed by atoms with Gasteiger partial charge in [-0.05, 0) is 25.3 Å². The van der Waals surface area contributed by atoms with Crippen LogP contribution in [0.1, 0.15) is 54.4 Å². The zero-order chi connectivity index (χ0) is 11.5. The predicted molar refractivity (Wildman–Crippen MR) is 62.7 cm³/mol. The van der Waals surface area contributed by atoms with Crippen molar-refractivity contribution in [3.05, 3.63) is 35.4 Å². The minimum absolute atomic E-state index is 0.0646. The van der Waals surface area contributed by atoms with Gasteiger partial charge in [0.25, 0.3) is 0 Å². The molecule has 2 nitrogen and oxygen atoms in total. The number of benzene rings is 1. The molecule has 1 saturated carbocycles. The Morgan fingerprint density at radius 3 is 2.44 bits per heavy atom. The lowest BCUT2D eigenvalue weighted by Crippen LogP contribution is -2.16. The average Bonchev–Trinajstić information content (AvgIpc) is 2.30. The van der Waals surface area contributed by atoms with E-state index in [1.807, 2.05) is 24.3 Å². The number of hydrogen-bond donors (Lipinski definition) is 0. The summed E-state index contributed by atoms with van der Waals surface area (Å²) in [5, 5.41) is 0. The van der Waals surface area contributed by atoms with Crippen LogP contribution in [0.2, 0.25) is 0 Å². The van der Waals surface area contributed by atoms with E-state index in [4.69, 9.17) is 0 Å². The Morgan fingerprint density at radius 1 is 1.19 bits per heavy atom. The van der Waals surface area contributed by atoms with E-state index in [2.05, 4.69) is 0 Å². The van der Waals surface area contributed by atoms with Crippen molar-refractivity contribution >= 4 is 11.6 Å². The van der Waals surface area contributed by atoms with Crippen LogP contribution in [0.25, 0.3) is 0 Å². The zero-order valence-corrected chi connectivity index (χ0v) is 9.53. The third-order valence-electron chi connectivity index (χ3n) is 3.27. The van der Waals surface area contributed by atoms with E-state index in [-0.39, 0.29) is 11.7 Å². The van der Waals surface area contributed by atoms with E-state index in [0.29, 0.717) is 17.8 Å². The van der Waals surface area contributed by atoms with Gasteiger partial charge in [-0.2, -0.15) is 0 Å². The number of hydrogen-bond acceptors (Lipinski definition) is 2. The molecule has 16 heavy (non-hydrogen) atoms. The maximum Gasteiger partial charge on any atom is 0.159 e. The molecule has 2 heteroatoms. The van der Waals surface area contributed by atoms with E-state index < -0.39 is 0 Å². The lowest BCUT2D eigenvalue weighted by atomic mass is 9.83. The smallest absolute Gasteiger partial charge is 0.159 e. The molecule has 0 amide bonds. The molecule has 0 radical (unpaired) electrons. The van der Waals surface area contributed by atoms with Gasteiger partial charge in [0.15, 0.2) is 5.78 Å². The Balaban J connectivity index is 2.20. The molecule has 0 aliphatic heterocycles. The van der Waals surface area contributed by atoms with Gasteiger partial charge in [-0.3, -0.25) is 9.59 Å². The van der Waals surface area contributed by atoms with Gasteiger partial charge in [-0.25, -0.2) is 0 Å². The highest BCUT2D eigenvalue weighted by Gasteiger charge is 2.23. The van der Waals surface area contributed by atoms with Gasteiger partial charge in [-0.15, -0.1) is 0 Å². The molecule has 84 valence electrons. The fourth-order valence-corrected chi connectivity index (χ4v) is 2.29. The molecule has 0 N–H and O–H groups in total. The molecule has 0 spiro atoms. The van der Waals surface area contributed by atoms with Crippen molar-refractivity contribution in [3.63, 3.8) is 0 Å². The third-order valence-corrected chi connectivity index (χ3v) is 3.27. The fraction of sp³-hybridized carbons (Fsp3) is 0.429. The Bertz CT molecular complexity index is 403. The molecule has 1 atom stereocenters. The summed E-state index contributed by atoms with van der Waals surface area (Å²) in [6, 6.07) is 7.48. The molecular weight excluding hydrogens is 200 g/mol. The van der Waals surface area contributed by atoms with Crippen LogP contribution in [0.15, 0.2) is 24.3 Å². The minimum Gasteiger partial charge on any atom is -0.299 e. The summed E-state index contributed by atoms with van der Waals surface area (Å²) in [5.74, 6) is 0.484. The second-order valence-corrected chi connectivity index (χ2v) is 4.44. The van der Waals surface area contributed by atoms with Crippen LogP contribution >= 0.6 is 0 Å². The van der Waals surface area contributed by atoms with Crippen molar-refractivity contribution in [2.75, 3.05) is 0 Å². The molecule has 1 fully saturated rings. The fourth-order valence-electron chi connectivity index (χ4n) is 2.29. The van der Waals surface area contributed by atoms with Gasteiger partial charge in [0.2, 0.25) is 0 Å². The minimum atomic E-state index is 0.0646. The van der Waals surface area contributed by atoms with Crippen molar-refractivity contribution in [2.45, 2.75) is 38.5 Å². The average molecular weight is 216 g/mol. The monoisotopic (exact) mass is 216 g/mol. The van der Waals surface area contributed by atoms with Crippen LogP contribution < -0.4 is 0 Å². The highest BCUT2D eigenvalue weighted by atomic mass is 16.1. The first-order chi connectivity index (χ1) is 7.68. The summed E-state index contributed by atoms with van der Waals surface area (Å²) < 4.78 is 0. The molecule has 1 aromatic carbocycles. The SMILES string of the molecule is CC(=O)c1ccc([C@@H]2CCCCC2=O)cc1. The standard InChI is InChI=1S/C14H16O2/c1-10(15)11-6-8-12(9-7-11)13-4-2-3-5-14(13)16/h6-9,13H,2-5H2,1H3/t13-/m0/s1. The molecule has 0 saturated heterocycles. The maximum atomic E-state index is 11.7. The van der Waals surface area contributed by atoms with E-state index >= 15 is 0 Å². The van der Waals surface area contributed by atoms with Gasteiger partial charge < -0.3 is 0 Å². The van der Waals surface area contributed by atoms with E-state index in [1.54, 1.807) is 6.92 Å².